The first-order valence-corrected chi connectivity index (χ1v) is 9.36. The summed E-state index contributed by atoms with van der Waals surface area (Å²) >= 11 is 12.7. The number of halogens is 2. The lowest BCUT2D eigenvalue weighted by Crippen LogP contribution is -2.31. The highest BCUT2D eigenvalue weighted by molar-refractivity contribution is 7.90. The van der Waals surface area contributed by atoms with Gasteiger partial charge in [0.2, 0.25) is 0 Å². The number of nitrogens with zero attached hydrogens (tertiary/aromatic N) is 3. The van der Waals surface area contributed by atoms with Gasteiger partial charge in [-0.25, -0.2) is 18.2 Å². The molecule has 0 bridgehead atoms. The van der Waals surface area contributed by atoms with Crippen LogP contribution in [0, 0.1) is 0 Å². The van der Waals surface area contributed by atoms with Crippen molar-refractivity contribution >= 4 is 55.7 Å². The van der Waals surface area contributed by atoms with Crippen LogP contribution in [0.5, 0.6) is 0 Å². The largest absolute Gasteiger partial charge is 0.344 e. The normalized spacial score (nSPS) is 12.1. The van der Waals surface area contributed by atoms with E-state index in [2.05, 4.69) is 4.98 Å². The molecular weight excluding hydrogens is 383 g/mol. The topological polar surface area (TPSA) is 100.0 Å². The van der Waals surface area contributed by atoms with Gasteiger partial charge in [0.1, 0.15) is 14.7 Å². The number of aromatic nitrogens is 3. The van der Waals surface area contributed by atoms with Crippen molar-refractivity contribution in [1.82, 2.24) is 13.5 Å². The van der Waals surface area contributed by atoms with E-state index < -0.39 is 15.7 Å². The predicted molar refractivity (Wildman–Crippen MR) is 90.0 cm³/mol. The summed E-state index contributed by atoms with van der Waals surface area (Å²) in [4.78, 5) is 16.5. The van der Waals surface area contributed by atoms with Crippen molar-refractivity contribution in [3.8, 4) is 0 Å². The third kappa shape index (κ3) is 2.58. The van der Waals surface area contributed by atoms with Crippen molar-refractivity contribution in [3.63, 3.8) is 0 Å². The van der Waals surface area contributed by atoms with E-state index in [-0.39, 0.29) is 37.8 Å². The van der Waals surface area contributed by atoms with Gasteiger partial charge in [0.15, 0.2) is 5.65 Å². The first kappa shape index (κ1) is 16.5. The number of thiophene rings is 1. The van der Waals surface area contributed by atoms with Gasteiger partial charge in [0.25, 0.3) is 10.0 Å². The van der Waals surface area contributed by atoms with Gasteiger partial charge in [-0.3, -0.25) is 4.57 Å². The van der Waals surface area contributed by atoms with Crippen LogP contribution in [0.3, 0.4) is 0 Å². The summed E-state index contributed by atoms with van der Waals surface area (Å²) in [5.41, 5.74) is 5.14. The molecule has 0 aliphatic rings. The lowest BCUT2D eigenvalue weighted by molar-refractivity contribution is 0.584. The van der Waals surface area contributed by atoms with Crippen LogP contribution < -0.4 is 11.4 Å². The molecule has 3 rings (SSSR count). The molecule has 122 valence electrons. The summed E-state index contributed by atoms with van der Waals surface area (Å²) in [5, 5.41) is 0. The first-order valence-electron chi connectivity index (χ1n) is 6.34. The highest BCUT2D eigenvalue weighted by Gasteiger charge is 2.29. The monoisotopic (exact) mass is 392 g/mol. The molecule has 3 heterocycles. The Labute approximate surface area is 144 Å². The minimum atomic E-state index is -4.21. The van der Waals surface area contributed by atoms with Gasteiger partial charge in [-0.15, -0.1) is 11.3 Å². The summed E-state index contributed by atoms with van der Waals surface area (Å²) in [6.07, 6.45) is 1.47. The van der Waals surface area contributed by atoms with Gasteiger partial charge >= 0.3 is 5.69 Å². The third-order valence-corrected chi connectivity index (χ3v) is 6.58. The Morgan fingerprint density at radius 3 is 2.70 bits per heavy atom. The molecule has 0 aliphatic carbocycles. The second-order valence-corrected chi connectivity index (χ2v) is 8.57. The molecular formula is C12H10Cl2N4O3S2. The van der Waals surface area contributed by atoms with Crippen LogP contribution in [0.1, 0.15) is 0 Å². The maximum atomic E-state index is 12.9. The van der Waals surface area contributed by atoms with E-state index >= 15 is 0 Å². The standard InChI is InChI=1S/C12H10Cl2N4O3S2/c13-9-6-8(10(14)22-9)23(20,21)18-7-2-1-4-16-11(7)17(5-3-15)12(18)19/h1-2,4,6H,3,5,15H2. The number of hydrogen-bond donors (Lipinski definition) is 1. The molecule has 0 atom stereocenters. The summed E-state index contributed by atoms with van der Waals surface area (Å²) < 4.78 is 27.8. The molecule has 0 amide bonds. The lowest BCUT2D eigenvalue weighted by Gasteiger charge is -2.03. The van der Waals surface area contributed by atoms with Gasteiger partial charge in [-0.05, 0) is 18.2 Å². The van der Waals surface area contributed by atoms with E-state index in [1.54, 1.807) is 6.07 Å². The van der Waals surface area contributed by atoms with Crippen LogP contribution >= 0.6 is 34.5 Å². The molecule has 0 fully saturated rings. The second-order valence-electron chi connectivity index (χ2n) is 4.53. The molecule has 0 aliphatic heterocycles. The molecule has 0 radical (unpaired) electrons. The van der Waals surface area contributed by atoms with Crippen molar-refractivity contribution in [2.75, 3.05) is 6.54 Å². The average Bonchev–Trinajstić information content (AvgIpc) is 2.98. The predicted octanol–water partition coefficient (Wildman–Crippen LogP) is 1.76. The van der Waals surface area contributed by atoms with Crippen LogP contribution in [-0.4, -0.2) is 28.5 Å². The van der Waals surface area contributed by atoms with Crippen molar-refractivity contribution < 1.29 is 8.42 Å². The Morgan fingerprint density at radius 1 is 1.35 bits per heavy atom. The fraction of sp³-hybridized carbons (Fsp3) is 0.167. The summed E-state index contributed by atoms with van der Waals surface area (Å²) in [5.74, 6) is 0. The van der Waals surface area contributed by atoms with Gasteiger partial charge in [-0.1, -0.05) is 23.2 Å². The second kappa shape index (κ2) is 5.91. The minimum Gasteiger partial charge on any atom is -0.329 e. The Bertz CT molecular complexity index is 1050. The zero-order valence-electron chi connectivity index (χ0n) is 11.4. The molecule has 11 heteroatoms. The zero-order chi connectivity index (χ0) is 16.8. The van der Waals surface area contributed by atoms with Crippen molar-refractivity contribution in [2.24, 2.45) is 5.73 Å². The molecule has 7 nitrogen and oxygen atoms in total. The van der Waals surface area contributed by atoms with Crippen molar-refractivity contribution in [3.05, 3.63) is 43.6 Å². The number of hydrogen-bond acceptors (Lipinski definition) is 6. The first-order chi connectivity index (χ1) is 10.9. The van der Waals surface area contributed by atoms with E-state index in [0.717, 1.165) is 11.3 Å². The molecule has 23 heavy (non-hydrogen) atoms. The van der Waals surface area contributed by atoms with Crippen molar-refractivity contribution in [1.29, 1.82) is 0 Å². The maximum absolute atomic E-state index is 12.9. The van der Waals surface area contributed by atoms with E-state index in [0.29, 0.717) is 3.97 Å². The van der Waals surface area contributed by atoms with Crippen LogP contribution in [-0.2, 0) is 16.6 Å². The average molecular weight is 393 g/mol. The fourth-order valence-corrected chi connectivity index (χ4v) is 5.74. The van der Waals surface area contributed by atoms with Gasteiger partial charge in [0, 0.05) is 19.3 Å². The Morgan fingerprint density at radius 2 is 2.09 bits per heavy atom. The smallest absolute Gasteiger partial charge is 0.329 e. The Balaban J connectivity index is 2.38. The molecule has 0 saturated carbocycles. The van der Waals surface area contributed by atoms with Gasteiger partial charge in [-0.2, -0.15) is 3.97 Å². The highest BCUT2D eigenvalue weighted by Crippen LogP contribution is 2.35. The summed E-state index contributed by atoms with van der Waals surface area (Å²) in [6.45, 7) is 0.313. The van der Waals surface area contributed by atoms with Crippen LogP contribution in [0.4, 0.5) is 0 Å². The molecule has 0 saturated heterocycles. The number of rotatable bonds is 4. The lowest BCUT2D eigenvalue weighted by atomic mass is 10.4. The molecule has 0 aromatic carbocycles. The molecule has 3 aromatic rings. The zero-order valence-corrected chi connectivity index (χ0v) is 14.6. The van der Waals surface area contributed by atoms with E-state index in [4.69, 9.17) is 28.9 Å². The van der Waals surface area contributed by atoms with E-state index in [1.165, 1.54) is 22.9 Å². The number of pyridine rings is 1. The Kier molecular flexibility index (Phi) is 4.23. The summed E-state index contributed by atoms with van der Waals surface area (Å²) in [6, 6.07) is 4.26. The molecule has 3 aromatic heterocycles. The highest BCUT2D eigenvalue weighted by atomic mass is 35.5. The van der Waals surface area contributed by atoms with Crippen molar-refractivity contribution in [2.45, 2.75) is 11.4 Å². The molecule has 0 unspecified atom stereocenters. The SMILES string of the molecule is NCCn1c(=O)n(S(=O)(=O)c2cc(Cl)sc2Cl)c2cccnc21. The number of imidazole rings is 1. The number of nitrogens with two attached hydrogens (primary N) is 1. The number of fused-ring (bicyclic) bond motifs is 1. The van der Waals surface area contributed by atoms with Crippen LogP contribution in [0.2, 0.25) is 8.67 Å². The molecule has 2 N–H and O–H groups in total. The van der Waals surface area contributed by atoms with E-state index in [9.17, 15) is 13.2 Å². The van der Waals surface area contributed by atoms with Crippen LogP contribution in [0.15, 0.2) is 34.1 Å². The van der Waals surface area contributed by atoms with E-state index in [1.807, 2.05) is 0 Å². The van der Waals surface area contributed by atoms with Gasteiger partial charge in [0.05, 0.1) is 4.34 Å². The Hall–Kier alpha value is -1.39. The molecule has 0 spiro atoms. The van der Waals surface area contributed by atoms with Gasteiger partial charge < -0.3 is 5.73 Å². The van der Waals surface area contributed by atoms with Crippen LogP contribution in [0.25, 0.3) is 11.2 Å². The fourth-order valence-electron chi connectivity index (χ4n) is 2.22. The maximum Gasteiger partial charge on any atom is 0.344 e. The minimum absolute atomic E-state index is 0.00878. The third-order valence-electron chi connectivity index (χ3n) is 3.14. The quantitative estimate of drug-likeness (QED) is 0.728. The summed E-state index contributed by atoms with van der Waals surface area (Å²) in [7, 11) is -4.21.